The molecule has 0 bridgehead atoms. The highest BCUT2D eigenvalue weighted by Gasteiger charge is 2.12. The van der Waals surface area contributed by atoms with Crippen LogP contribution in [0.3, 0.4) is 0 Å². The molecule has 196 valence electrons. The van der Waals surface area contributed by atoms with Crippen LogP contribution in [-0.2, 0) is 4.79 Å². The van der Waals surface area contributed by atoms with Gasteiger partial charge in [0.1, 0.15) is 11.5 Å². The average Bonchev–Trinajstić information content (AvgIpc) is 2.88. The van der Waals surface area contributed by atoms with Crippen LogP contribution in [0.15, 0.2) is 52.0 Å². The summed E-state index contributed by atoms with van der Waals surface area (Å²) in [7, 11) is 0. The van der Waals surface area contributed by atoms with Crippen molar-refractivity contribution in [2.75, 3.05) is 6.61 Å². The average molecular weight is 560 g/mol. The summed E-state index contributed by atoms with van der Waals surface area (Å²) in [5, 5.41) is 4.07. The fourth-order valence-electron chi connectivity index (χ4n) is 3.61. The van der Waals surface area contributed by atoms with Gasteiger partial charge in [-0.3, -0.25) is 4.79 Å². The lowest BCUT2D eigenvalue weighted by molar-refractivity contribution is -0.121. The number of carbonyl (C=O) groups excluding carboxylic acids is 2. The second-order valence-electron chi connectivity index (χ2n) is 8.82. The predicted molar refractivity (Wildman–Crippen MR) is 149 cm³/mol. The van der Waals surface area contributed by atoms with E-state index in [1.165, 1.54) is 51.2 Å². The van der Waals surface area contributed by atoms with Gasteiger partial charge in [-0.05, 0) is 55.3 Å². The minimum absolute atomic E-state index is 0.117. The summed E-state index contributed by atoms with van der Waals surface area (Å²) < 4.78 is 12.0. The Morgan fingerprint density at radius 2 is 1.56 bits per heavy atom. The van der Waals surface area contributed by atoms with Gasteiger partial charge in [-0.2, -0.15) is 5.10 Å². The van der Waals surface area contributed by atoms with E-state index in [0.717, 1.165) is 23.7 Å². The Hall–Kier alpha value is -2.67. The lowest BCUT2D eigenvalue weighted by Crippen LogP contribution is -2.17. The molecule has 0 unspecified atom stereocenters. The number of nitrogens with one attached hydrogen (secondary N) is 1. The fourth-order valence-corrected chi connectivity index (χ4v) is 3.98. The summed E-state index contributed by atoms with van der Waals surface area (Å²) in [6, 6.07) is 12.1. The Morgan fingerprint density at radius 1 is 0.889 bits per heavy atom. The number of hydrogen-bond acceptors (Lipinski definition) is 5. The number of hydrogen-bond donors (Lipinski definition) is 1. The summed E-state index contributed by atoms with van der Waals surface area (Å²) in [6.45, 7) is 4.89. The van der Waals surface area contributed by atoms with Gasteiger partial charge in [0.2, 0.25) is 5.91 Å². The van der Waals surface area contributed by atoms with Gasteiger partial charge in [0, 0.05) is 16.5 Å². The Morgan fingerprint density at radius 3 is 2.22 bits per heavy atom. The first-order valence-corrected chi connectivity index (χ1v) is 13.9. The molecule has 0 heterocycles. The molecule has 7 heteroatoms. The molecule has 0 aliphatic carbocycles. The highest BCUT2D eigenvalue weighted by atomic mass is 79.9. The summed E-state index contributed by atoms with van der Waals surface area (Å²) in [5.74, 6) is 0.464. The maximum atomic E-state index is 12.6. The third kappa shape index (κ3) is 11.8. The van der Waals surface area contributed by atoms with Gasteiger partial charge in [0.15, 0.2) is 0 Å². The van der Waals surface area contributed by atoms with Crippen molar-refractivity contribution in [3.8, 4) is 11.5 Å². The maximum Gasteiger partial charge on any atom is 0.343 e. The Bertz CT molecular complexity index is 960. The second-order valence-corrected chi connectivity index (χ2v) is 9.73. The van der Waals surface area contributed by atoms with Gasteiger partial charge in [-0.25, -0.2) is 10.2 Å². The number of unbranched alkanes of at least 4 members (excludes halogenated alkanes) is 8. The zero-order chi connectivity index (χ0) is 26.0. The Labute approximate surface area is 224 Å². The molecule has 0 aromatic heterocycles. The van der Waals surface area contributed by atoms with Crippen LogP contribution in [0.1, 0.15) is 100 Å². The molecule has 0 fully saturated rings. The molecule has 1 amide bonds. The number of benzene rings is 2. The zero-order valence-corrected chi connectivity index (χ0v) is 23.1. The summed E-state index contributed by atoms with van der Waals surface area (Å²) in [4.78, 5) is 24.7. The van der Waals surface area contributed by atoms with Crippen LogP contribution >= 0.6 is 15.9 Å². The predicted octanol–water partition coefficient (Wildman–Crippen LogP) is 7.83. The molecule has 0 atom stereocenters. The van der Waals surface area contributed by atoms with E-state index in [0.29, 0.717) is 35.7 Å². The molecular formula is C29H39BrN2O4. The number of carbonyl (C=O) groups is 2. The highest BCUT2D eigenvalue weighted by molar-refractivity contribution is 9.10. The van der Waals surface area contributed by atoms with E-state index in [2.05, 4.69) is 33.4 Å². The topological polar surface area (TPSA) is 77.0 Å². The quantitative estimate of drug-likeness (QED) is 0.0705. The van der Waals surface area contributed by atoms with E-state index in [1.54, 1.807) is 42.5 Å². The molecule has 2 aromatic carbocycles. The van der Waals surface area contributed by atoms with E-state index in [-0.39, 0.29) is 5.91 Å². The molecule has 0 aliphatic heterocycles. The molecule has 0 saturated carbocycles. The van der Waals surface area contributed by atoms with Crippen LogP contribution in [0.4, 0.5) is 0 Å². The van der Waals surface area contributed by atoms with E-state index in [4.69, 9.17) is 9.47 Å². The second kappa shape index (κ2) is 17.7. The van der Waals surface area contributed by atoms with Gasteiger partial charge >= 0.3 is 5.97 Å². The van der Waals surface area contributed by atoms with Crippen molar-refractivity contribution in [2.45, 2.75) is 84.5 Å². The van der Waals surface area contributed by atoms with E-state index in [1.807, 2.05) is 6.92 Å². The smallest absolute Gasteiger partial charge is 0.343 e. The molecular weight excluding hydrogens is 520 g/mol. The fraction of sp³-hybridized carbons (Fsp3) is 0.483. The van der Waals surface area contributed by atoms with Crippen molar-refractivity contribution >= 4 is 34.0 Å². The van der Waals surface area contributed by atoms with Crippen molar-refractivity contribution in [1.82, 2.24) is 5.43 Å². The minimum atomic E-state index is -0.483. The van der Waals surface area contributed by atoms with Gasteiger partial charge < -0.3 is 9.47 Å². The van der Waals surface area contributed by atoms with E-state index < -0.39 is 5.97 Å². The largest absolute Gasteiger partial charge is 0.494 e. The lowest BCUT2D eigenvalue weighted by Gasteiger charge is -2.09. The van der Waals surface area contributed by atoms with E-state index >= 15 is 0 Å². The van der Waals surface area contributed by atoms with Crippen LogP contribution in [0.25, 0.3) is 0 Å². The van der Waals surface area contributed by atoms with Gasteiger partial charge in [-0.15, -0.1) is 0 Å². The van der Waals surface area contributed by atoms with Crippen LogP contribution in [0.5, 0.6) is 11.5 Å². The number of amides is 1. The monoisotopic (exact) mass is 558 g/mol. The summed E-state index contributed by atoms with van der Waals surface area (Å²) in [6.07, 6.45) is 13.7. The molecule has 36 heavy (non-hydrogen) atoms. The Balaban J connectivity index is 1.79. The molecule has 0 saturated heterocycles. The number of hydrazone groups is 1. The third-order valence-electron chi connectivity index (χ3n) is 5.64. The first kappa shape index (κ1) is 29.6. The van der Waals surface area contributed by atoms with Crippen molar-refractivity contribution in [3.05, 3.63) is 58.1 Å². The van der Waals surface area contributed by atoms with Crippen molar-refractivity contribution in [2.24, 2.45) is 5.10 Å². The third-order valence-corrected chi connectivity index (χ3v) is 6.13. The highest BCUT2D eigenvalue weighted by Crippen LogP contribution is 2.23. The van der Waals surface area contributed by atoms with Gasteiger partial charge in [0.05, 0.1) is 18.4 Å². The molecule has 0 radical (unpaired) electrons. The number of ether oxygens (including phenoxy) is 2. The van der Waals surface area contributed by atoms with Crippen molar-refractivity contribution in [3.63, 3.8) is 0 Å². The lowest BCUT2D eigenvalue weighted by atomic mass is 10.1. The first-order chi connectivity index (χ1) is 17.5. The Kier molecular flexibility index (Phi) is 14.5. The van der Waals surface area contributed by atoms with Crippen LogP contribution in [-0.4, -0.2) is 24.7 Å². The van der Waals surface area contributed by atoms with Crippen LogP contribution < -0.4 is 14.9 Å². The summed E-state index contributed by atoms with van der Waals surface area (Å²) in [5.41, 5.74) is 3.56. The first-order valence-electron chi connectivity index (χ1n) is 13.1. The molecule has 2 aromatic rings. The zero-order valence-electron chi connectivity index (χ0n) is 21.6. The molecule has 1 N–H and O–H groups in total. The van der Waals surface area contributed by atoms with Gasteiger partial charge in [0.25, 0.3) is 0 Å². The van der Waals surface area contributed by atoms with Gasteiger partial charge in [-0.1, -0.05) is 81.1 Å². The number of halogens is 1. The minimum Gasteiger partial charge on any atom is -0.494 e. The molecule has 2 rings (SSSR count). The van der Waals surface area contributed by atoms with E-state index in [9.17, 15) is 9.59 Å². The summed E-state index contributed by atoms with van der Waals surface area (Å²) >= 11 is 3.43. The van der Waals surface area contributed by atoms with Crippen molar-refractivity contribution in [1.29, 1.82) is 0 Å². The van der Waals surface area contributed by atoms with Crippen LogP contribution in [0.2, 0.25) is 0 Å². The maximum absolute atomic E-state index is 12.6. The standard InChI is InChI=1S/C29H39BrN2O4/c1-3-5-6-7-8-9-10-11-12-13-28(33)32-31-22-24-21-25(30)16-19-27(24)36-29(34)23-14-17-26(18-15-23)35-20-4-2/h14-19,21-22H,3-13,20H2,1-2H3,(H,32,33)/b31-22-. The number of esters is 1. The molecule has 0 aliphatic rings. The number of nitrogens with zero attached hydrogens (tertiary/aromatic N) is 1. The molecule has 0 spiro atoms. The number of rotatable bonds is 17. The van der Waals surface area contributed by atoms with Crippen molar-refractivity contribution < 1.29 is 19.1 Å². The SMILES string of the molecule is CCCCCCCCCCCC(=O)N/N=C\c1cc(Br)ccc1OC(=O)c1ccc(OCCC)cc1. The molecule has 6 nitrogen and oxygen atoms in total. The van der Waals surface area contributed by atoms with Crippen LogP contribution in [0, 0.1) is 0 Å². The normalized spacial score (nSPS) is 11.0.